The summed E-state index contributed by atoms with van der Waals surface area (Å²) in [5, 5.41) is 2.42. The Hall–Kier alpha value is -4.56. The van der Waals surface area contributed by atoms with Gasteiger partial charge >= 0.3 is 0 Å². The monoisotopic (exact) mass is 460 g/mol. The summed E-state index contributed by atoms with van der Waals surface area (Å²) in [4.78, 5) is 25.7. The summed E-state index contributed by atoms with van der Waals surface area (Å²) in [6.07, 6.45) is 8.01. The Bertz CT molecular complexity index is 1660. The van der Waals surface area contributed by atoms with Gasteiger partial charge in [-0.3, -0.25) is 9.59 Å². The molecule has 0 atom stereocenters. The van der Waals surface area contributed by atoms with Crippen molar-refractivity contribution >= 4 is 33.5 Å². The van der Waals surface area contributed by atoms with Crippen molar-refractivity contribution in [2.75, 3.05) is 0 Å². The Labute approximate surface area is 208 Å². The summed E-state index contributed by atoms with van der Waals surface area (Å²) in [6.45, 7) is 0. The molecule has 0 spiro atoms. The van der Waals surface area contributed by atoms with Crippen molar-refractivity contribution in [1.82, 2.24) is 0 Å². The summed E-state index contributed by atoms with van der Waals surface area (Å²) in [5.74, 6) is -0.891. The number of carbonyl (C=O) groups excluding carboxylic acids is 2. The van der Waals surface area contributed by atoms with Crippen LogP contribution >= 0.6 is 0 Å². The highest BCUT2D eigenvalue weighted by Crippen LogP contribution is 2.62. The molecule has 1 saturated carbocycles. The van der Waals surface area contributed by atoms with E-state index in [1.165, 1.54) is 55.3 Å². The van der Waals surface area contributed by atoms with Crippen LogP contribution in [0.15, 0.2) is 120 Å². The molecule has 4 aromatic carbocycles. The molecule has 2 heteroatoms. The molecule has 0 radical (unpaired) electrons. The maximum Gasteiger partial charge on any atom is 0.229 e. The van der Waals surface area contributed by atoms with Crippen LogP contribution in [0.5, 0.6) is 0 Å². The van der Waals surface area contributed by atoms with Crippen LogP contribution in [-0.2, 0) is 9.59 Å². The van der Waals surface area contributed by atoms with Gasteiger partial charge in [-0.25, -0.2) is 0 Å². The first-order valence-corrected chi connectivity index (χ1v) is 12.4. The molecule has 4 aromatic rings. The lowest BCUT2D eigenvalue weighted by Gasteiger charge is -2.29. The molecule has 36 heavy (non-hydrogen) atoms. The molecule has 168 valence electrons. The molecule has 0 unspecified atom stereocenters. The molecule has 0 saturated heterocycles. The van der Waals surface area contributed by atoms with E-state index < -0.39 is 0 Å². The Morgan fingerprint density at radius 2 is 0.750 bits per heavy atom. The fourth-order valence-corrected chi connectivity index (χ4v) is 6.83. The van der Waals surface area contributed by atoms with Crippen LogP contribution in [0.3, 0.4) is 0 Å². The Morgan fingerprint density at radius 3 is 1.19 bits per heavy atom. The molecule has 1 fully saturated rings. The van der Waals surface area contributed by atoms with Gasteiger partial charge in [-0.05, 0) is 55.3 Å². The standard InChI is InChI=1S/C34H20O2/c35-33-25-17-15-23-29-24(16-18-26(30(25)29)34(33)36)32-28(20-11-5-2-6-12-20)22-14-8-7-13-21(22)27(31(23)32)19-9-3-1-4-10-19/h1-18,29-30H. The van der Waals surface area contributed by atoms with Crippen molar-refractivity contribution in [3.63, 3.8) is 0 Å². The van der Waals surface area contributed by atoms with E-state index in [1.807, 2.05) is 24.3 Å². The number of ketones is 2. The van der Waals surface area contributed by atoms with Crippen LogP contribution in [0.1, 0.15) is 11.1 Å². The number of fused-ring (bicyclic) bond motifs is 4. The zero-order valence-electron chi connectivity index (χ0n) is 19.4. The van der Waals surface area contributed by atoms with Crippen molar-refractivity contribution < 1.29 is 9.59 Å². The third-order valence-corrected chi connectivity index (χ3v) is 8.21. The fraction of sp³-hybridized carbons (Fsp3) is 0.0588. The molecule has 0 aliphatic heterocycles. The average molecular weight is 461 g/mol. The third-order valence-electron chi connectivity index (χ3n) is 8.21. The third kappa shape index (κ3) is 2.36. The average Bonchev–Trinajstić information content (AvgIpc) is 3.39. The highest BCUT2D eigenvalue weighted by molar-refractivity contribution is 6.53. The molecular formula is C34H20O2. The summed E-state index contributed by atoms with van der Waals surface area (Å²) in [7, 11) is 0. The highest BCUT2D eigenvalue weighted by atomic mass is 16.2. The lowest BCUT2D eigenvalue weighted by molar-refractivity contribution is -0.130. The van der Waals surface area contributed by atoms with Gasteiger partial charge in [-0.1, -0.05) is 109 Å². The van der Waals surface area contributed by atoms with E-state index in [4.69, 9.17) is 0 Å². The number of Topliss-reactive ketones (excluding diaryl/α,β-unsaturated/α-hetero) is 2. The van der Waals surface area contributed by atoms with Gasteiger partial charge in [0.05, 0.1) is 0 Å². The van der Waals surface area contributed by atoms with Crippen molar-refractivity contribution in [1.29, 1.82) is 0 Å². The number of hydrogen-bond donors (Lipinski definition) is 0. The van der Waals surface area contributed by atoms with Crippen LogP contribution in [-0.4, -0.2) is 11.6 Å². The van der Waals surface area contributed by atoms with E-state index in [-0.39, 0.29) is 23.4 Å². The number of hydrogen-bond acceptors (Lipinski definition) is 2. The van der Waals surface area contributed by atoms with E-state index in [9.17, 15) is 9.59 Å². The Kier molecular flexibility index (Phi) is 3.83. The van der Waals surface area contributed by atoms with Gasteiger partial charge in [-0.2, -0.15) is 0 Å². The van der Waals surface area contributed by atoms with Gasteiger partial charge < -0.3 is 0 Å². The predicted molar refractivity (Wildman–Crippen MR) is 144 cm³/mol. The molecule has 0 N–H and O–H groups in total. The van der Waals surface area contributed by atoms with Crippen molar-refractivity contribution in [3.05, 3.63) is 132 Å². The predicted octanol–water partition coefficient (Wildman–Crippen LogP) is 7.22. The largest absolute Gasteiger partial charge is 0.285 e. The van der Waals surface area contributed by atoms with Gasteiger partial charge in [0.25, 0.3) is 0 Å². The minimum absolute atomic E-state index is 0.0165. The van der Waals surface area contributed by atoms with Gasteiger partial charge in [-0.15, -0.1) is 0 Å². The van der Waals surface area contributed by atoms with Gasteiger partial charge in [0.15, 0.2) is 0 Å². The number of rotatable bonds is 2. The normalized spacial score (nSPS) is 21.0. The second kappa shape index (κ2) is 6.99. The van der Waals surface area contributed by atoms with E-state index in [0.29, 0.717) is 11.1 Å². The van der Waals surface area contributed by atoms with Crippen LogP contribution in [0.4, 0.5) is 0 Å². The molecule has 4 aliphatic rings. The minimum Gasteiger partial charge on any atom is -0.285 e. The van der Waals surface area contributed by atoms with Gasteiger partial charge in [0.1, 0.15) is 0 Å². The summed E-state index contributed by atoms with van der Waals surface area (Å²) >= 11 is 0. The Morgan fingerprint density at radius 1 is 0.389 bits per heavy atom. The first-order valence-electron chi connectivity index (χ1n) is 12.4. The molecular weight excluding hydrogens is 440 g/mol. The number of allylic oxidation sites excluding steroid dienone is 8. The van der Waals surface area contributed by atoms with Crippen LogP contribution < -0.4 is 0 Å². The topological polar surface area (TPSA) is 34.1 Å². The van der Waals surface area contributed by atoms with E-state index in [2.05, 4.69) is 84.9 Å². The van der Waals surface area contributed by atoms with Gasteiger partial charge in [0, 0.05) is 23.0 Å². The fourth-order valence-electron chi connectivity index (χ4n) is 6.83. The van der Waals surface area contributed by atoms with Crippen molar-refractivity contribution in [2.45, 2.75) is 0 Å². The van der Waals surface area contributed by atoms with Crippen molar-refractivity contribution in [3.8, 4) is 22.3 Å². The zero-order valence-corrected chi connectivity index (χ0v) is 19.4. The summed E-state index contributed by atoms with van der Waals surface area (Å²) < 4.78 is 0. The SMILES string of the molecule is O=C1C(=O)C2=CC=C3c4c(c(-c5ccccc5)c5ccccc5c4-c4ccccc4)C4=CC=C1C2C43. The van der Waals surface area contributed by atoms with Crippen LogP contribution in [0.2, 0.25) is 0 Å². The smallest absolute Gasteiger partial charge is 0.229 e. The number of benzene rings is 4. The maximum absolute atomic E-state index is 12.8. The van der Waals surface area contributed by atoms with Gasteiger partial charge in [0.2, 0.25) is 11.6 Å². The van der Waals surface area contributed by atoms with E-state index in [1.54, 1.807) is 0 Å². The lowest BCUT2D eigenvalue weighted by atomic mass is 9.72. The zero-order chi connectivity index (χ0) is 24.0. The molecule has 0 amide bonds. The highest BCUT2D eigenvalue weighted by Gasteiger charge is 2.53. The summed E-state index contributed by atoms with van der Waals surface area (Å²) in [5.41, 5.74) is 10.9. The van der Waals surface area contributed by atoms with E-state index in [0.717, 1.165) is 0 Å². The second-order valence-corrected chi connectivity index (χ2v) is 9.88. The first kappa shape index (κ1) is 19.7. The Balaban J connectivity index is 1.58. The van der Waals surface area contributed by atoms with Crippen LogP contribution in [0, 0.1) is 11.8 Å². The molecule has 0 heterocycles. The molecule has 0 bridgehead atoms. The molecule has 0 aromatic heterocycles. The minimum atomic E-state index is -0.344. The number of carbonyl (C=O) groups is 2. The van der Waals surface area contributed by atoms with Crippen molar-refractivity contribution in [2.24, 2.45) is 11.8 Å². The first-order chi connectivity index (χ1) is 17.7. The second-order valence-electron chi connectivity index (χ2n) is 9.88. The molecule has 4 aliphatic carbocycles. The lowest BCUT2D eigenvalue weighted by Crippen LogP contribution is -2.20. The van der Waals surface area contributed by atoms with Crippen LogP contribution in [0.25, 0.3) is 44.2 Å². The van der Waals surface area contributed by atoms with E-state index >= 15 is 0 Å². The molecule has 8 rings (SSSR count). The quantitative estimate of drug-likeness (QED) is 0.296. The molecule has 2 nitrogen and oxygen atoms in total. The summed E-state index contributed by atoms with van der Waals surface area (Å²) in [6, 6.07) is 29.8. The maximum atomic E-state index is 12.8.